The Bertz CT molecular complexity index is 390. The molecule has 2 heteroatoms. The van der Waals surface area contributed by atoms with Crippen molar-refractivity contribution in [2.24, 2.45) is 5.41 Å². The van der Waals surface area contributed by atoms with Crippen molar-refractivity contribution in [1.82, 2.24) is 0 Å². The smallest absolute Gasteiger partial charge is 0.146 e. The fourth-order valence-corrected chi connectivity index (χ4v) is 2.32. The molecule has 16 heavy (non-hydrogen) atoms. The van der Waals surface area contributed by atoms with Gasteiger partial charge in [0.25, 0.3) is 0 Å². The van der Waals surface area contributed by atoms with Gasteiger partial charge in [-0.25, -0.2) is 0 Å². The van der Waals surface area contributed by atoms with E-state index in [4.69, 9.17) is 0 Å². The van der Waals surface area contributed by atoms with Crippen LogP contribution in [0.2, 0.25) is 0 Å². The molecule has 1 aromatic rings. The fourth-order valence-electron chi connectivity index (χ4n) is 2.32. The van der Waals surface area contributed by atoms with E-state index in [1.165, 1.54) is 0 Å². The van der Waals surface area contributed by atoms with E-state index in [-0.39, 0.29) is 11.6 Å². The minimum atomic E-state index is -0.778. The number of ketones is 2. The average Bonchev–Trinajstić information content (AvgIpc) is 2.28. The molecule has 0 bridgehead atoms. The van der Waals surface area contributed by atoms with Gasteiger partial charge >= 0.3 is 0 Å². The maximum atomic E-state index is 11.9. The van der Waals surface area contributed by atoms with Crippen molar-refractivity contribution in [3.8, 4) is 0 Å². The first kappa shape index (κ1) is 11.1. The molecule has 0 saturated heterocycles. The lowest BCUT2D eigenvalue weighted by atomic mass is 9.70. The Morgan fingerprint density at radius 1 is 1.06 bits per heavy atom. The van der Waals surface area contributed by atoms with Crippen molar-refractivity contribution in [3.05, 3.63) is 35.9 Å². The predicted molar refractivity (Wildman–Crippen MR) is 62.1 cm³/mol. The summed E-state index contributed by atoms with van der Waals surface area (Å²) in [6, 6.07) is 9.77. The number of hydrogen-bond acceptors (Lipinski definition) is 2. The second-order valence-corrected chi connectivity index (χ2v) is 4.69. The molecular weight excluding hydrogens is 200 g/mol. The second kappa shape index (κ2) is 4.20. The van der Waals surface area contributed by atoms with Crippen LogP contribution in [-0.4, -0.2) is 11.6 Å². The van der Waals surface area contributed by atoms with Crippen molar-refractivity contribution >= 4 is 11.6 Å². The molecule has 0 aliphatic heterocycles. The number of carbonyl (C=O) groups is 2. The molecule has 1 fully saturated rings. The van der Waals surface area contributed by atoms with E-state index in [1.54, 1.807) is 6.92 Å². The zero-order valence-electron chi connectivity index (χ0n) is 9.53. The maximum Gasteiger partial charge on any atom is 0.146 e. The second-order valence-electron chi connectivity index (χ2n) is 4.69. The number of benzene rings is 1. The SMILES string of the molecule is CC1(Cc2ccccc2)C(=O)CCCC1=O. The zero-order chi connectivity index (χ0) is 11.6. The summed E-state index contributed by atoms with van der Waals surface area (Å²) in [6.07, 6.45) is 2.37. The normalized spacial score (nSPS) is 19.8. The third kappa shape index (κ3) is 1.92. The molecule has 0 radical (unpaired) electrons. The van der Waals surface area contributed by atoms with Crippen LogP contribution in [-0.2, 0) is 16.0 Å². The number of Topliss-reactive ketones (excluding diaryl/α,β-unsaturated/α-hetero) is 2. The van der Waals surface area contributed by atoms with E-state index in [2.05, 4.69) is 0 Å². The fraction of sp³-hybridized carbons (Fsp3) is 0.429. The highest BCUT2D eigenvalue weighted by Crippen LogP contribution is 2.33. The summed E-state index contributed by atoms with van der Waals surface area (Å²) in [5.74, 6) is 0.209. The Kier molecular flexibility index (Phi) is 2.90. The third-order valence-electron chi connectivity index (χ3n) is 3.44. The van der Waals surface area contributed by atoms with E-state index in [1.807, 2.05) is 30.3 Å². The molecule has 2 rings (SSSR count). The molecule has 1 aromatic carbocycles. The molecule has 0 unspecified atom stereocenters. The van der Waals surface area contributed by atoms with Crippen molar-refractivity contribution in [2.45, 2.75) is 32.6 Å². The Morgan fingerprint density at radius 2 is 1.62 bits per heavy atom. The lowest BCUT2D eigenvalue weighted by molar-refractivity contribution is -0.142. The lowest BCUT2D eigenvalue weighted by Crippen LogP contribution is -2.41. The van der Waals surface area contributed by atoms with Gasteiger partial charge in [-0.1, -0.05) is 30.3 Å². The minimum Gasteiger partial charge on any atom is -0.299 e. The molecule has 0 atom stereocenters. The van der Waals surface area contributed by atoms with E-state index < -0.39 is 5.41 Å². The molecule has 0 heterocycles. The van der Waals surface area contributed by atoms with Gasteiger partial charge in [-0.2, -0.15) is 0 Å². The van der Waals surface area contributed by atoms with Gasteiger partial charge in [-0.3, -0.25) is 9.59 Å². The predicted octanol–water partition coefficient (Wildman–Crippen LogP) is 2.56. The van der Waals surface area contributed by atoms with Gasteiger partial charge in [0.2, 0.25) is 0 Å². The van der Waals surface area contributed by atoms with Crippen LogP contribution in [0.5, 0.6) is 0 Å². The van der Waals surface area contributed by atoms with Gasteiger partial charge in [0, 0.05) is 12.8 Å². The molecule has 1 aliphatic rings. The summed E-state index contributed by atoms with van der Waals surface area (Å²) in [5, 5.41) is 0. The third-order valence-corrected chi connectivity index (χ3v) is 3.44. The van der Waals surface area contributed by atoms with Crippen LogP contribution in [0.1, 0.15) is 31.7 Å². The molecule has 0 amide bonds. The molecule has 1 aliphatic carbocycles. The minimum absolute atomic E-state index is 0.104. The van der Waals surface area contributed by atoms with Crippen LogP contribution < -0.4 is 0 Å². The van der Waals surface area contributed by atoms with Crippen molar-refractivity contribution < 1.29 is 9.59 Å². The van der Waals surface area contributed by atoms with Gasteiger partial charge in [0.05, 0.1) is 5.41 Å². The number of carbonyl (C=O) groups excluding carboxylic acids is 2. The summed E-state index contributed by atoms with van der Waals surface area (Å²) in [5.41, 5.74) is 0.285. The summed E-state index contributed by atoms with van der Waals surface area (Å²) in [4.78, 5) is 23.8. The van der Waals surface area contributed by atoms with E-state index in [0.29, 0.717) is 19.3 Å². The summed E-state index contributed by atoms with van der Waals surface area (Å²) in [6.45, 7) is 1.80. The Morgan fingerprint density at radius 3 is 2.19 bits per heavy atom. The molecule has 84 valence electrons. The average molecular weight is 216 g/mol. The van der Waals surface area contributed by atoms with Crippen molar-refractivity contribution in [1.29, 1.82) is 0 Å². The highest BCUT2D eigenvalue weighted by Gasteiger charge is 2.42. The van der Waals surface area contributed by atoms with E-state index in [0.717, 1.165) is 12.0 Å². The van der Waals surface area contributed by atoms with Crippen LogP contribution in [0.4, 0.5) is 0 Å². The quantitative estimate of drug-likeness (QED) is 0.712. The van der Waals surface area contributed by atoms with Crippen molar-refractivity contribution in [3.63, 3.8) is 0 Å². The van der Waals surface area contributed by atoms with Crippen LogP contribution in [0.25, 0.3) is 0 Å². The van der Waals surface area contributed by atoms with Crippen LogP contribution in [0.3, 0.4) is 0 Å². The largest absolute Gasteiger partial charge is 0.299 e. The standard InChI is InChI=1S/C14H16O2/c1-14(10-11-6-3-2-4-7-11)12(15)8-5-9-13(14)16/h2-4,6-7H,5,8-10H2,1H3. The Hall–Kier alpha value is -1.44. The van der Waals surface area contributed by atoms with Crippen LogP contribution >= 0.6 is 0 Å². The number of rotatable bonds is 2. The summed E-state index contributed by atoms with van der Waals surface area (Å²) >= 11 is 0. The summed E-state index contributed by atoms with van der Waals surface area (Å²) < 4.78 is 0. The maximum absolute atomic E-state index is 11.9. The van der Waals surface area contributed by atoms with Gasteiger partial charge < -0.3 is 0 Å². The molecule has 2 nitrogen and oxygen atoms in total. The van der Waals surface area contributed by atoms with Gasteiger partial charge in [-0.15, -0.1) is 0 Å². The first-order valence-corrected chi connectivity index (χ1v) is 5.73. The Balaban J connectivity index is 2.24. The Labute approximate surface area is 95.7 Å². The molecule has 0 spiro atoms. The number of hydrogen-bond donors (Lipinski definition) is 0. The zero-order valence-corrected chi connectivity index (χ0v) is 9.53. The van der Waals surface area contributed by atoms with E-state index in [9.17, 15) is 9.59 Å². The first-order valence-electron chi connectivity index (χ1n) is 5.73. The molecule has 1 saturated carbocycles. The molecule has 0 N–H and O–H groups in total. The van der Waals surface area contributed by atoms with E-state index >= 15 is 0 Å². The van der Waals surface area contributed by atoms with Crippen LogP contribution in [0, 0.1) is 5.41 Å². The molecular formula is C14H16O2. The van der Waals surface area contributed by atoms with Gasteiger partial charge in [0.15, 0.2) is 0 Å². The van der Waals surface area contributed by atoms with Crippen molar-refractivity contribution in [2.75, 3.05) is 0 Å². The topological polar surface area (TPSA) is 34.1 Å². The highest BCUT2D eigenvalue weighted by atomic mass is 16.2. The molecule has 0 aromatic heterocycles. The van der Waals surface area contributed by atoms with Gasteiger partial charge in [-0.05, 0) is 25.3 Å². The first-order chi connectivity index (χ1) is 7.63. The van der Waals surface area contributed by atoms with Gasteiger partial charge in [0.1, 0.15) is 11.6 Å². The highest BCUT2D eigenvalue weighted by molar-refractivity contribution is 6.08. The monoisotopic (exact) mass is 216 g/mol. The lowest BCUT2D eigenvalue weighted by Gasteiger charge is -2.30. The summed E-state index contributed by atoms with van der Waals surface area (Å²) in [7, 11) is 0. The van der Waals surface area contributed by atoms with Crippen LogP contribution in [0.15, 0.2) is 30.3 Å².